The van der Waals surface area contributed by atoms with Gasteiger partial charge in [0.25, 0.3) is 5.91 Å². The first-order valence-corrected chi connectivity index (χ1v) is 10.2. The number of anilines is 1. The molecule has 4 nitrogen and oxygen atoms in total. The first-order chi connectivity index (χ1) is 13.7. The number of nitrogens with one attached hydrogen (secondary N) is 2. The number of ether oxygens (including phenoxy) is 1. The molecule has 0 aromatic heterocycles. The van der Waals surface area contributed by atoms with E-state index >= 15 is 0 Å². The van der Waals surface area contributed by atoms with Crippen molar-refractivity contribution >= 4 is 23.2 Å². The van der Waals surface area contributed by atoms with Crippen molar-refractivity contribution in [2.45, 2.75) is 24.8 Å². The van der Waals surface area contributed by atoms with Crippen LogP contribution in [0.15, 0.2) is 54.6 Å². The Labute approximate surface area is 170 Å². The molecule has 0 saturated carbocycles. The Balaban J connectivity index is 1.64. The van der Waals surface area contributed by atoms with E-state index in [1.54, 1.807) is 7.11 Å². The maximum Gasteiger partial charge on any atom is 0.253 e. The summed E-state index contributed by atoms with van der Waals surface area (Å²) in [4.78, 5) is 12.8. The number of rotatable bonds is 6. The SMILES string of the molecule is COCCCNC(=O)c1cccc2c1NC(c1ccc(Cl)cc1)C1CC=CC21. The molecule has 28 heavy (non-hydrogen) atoms. The van der Waals surface area contributed by atoms with Gasteiger partial charge in [-0.25, -0.2) is 0 Å². The van der Waals surface area contributed by atoms with Crippen LogP contribution in [0.5, 0.6) is 0 Å². The zero-order chi connectivity index (χ0) is 19.5. The fourth-order valence-electron chi connectivity index (χ4n) is 4.32. The number of benzene rings is 2. The minimum atomic E-state index is -0.0456. The van der Waals surface area contributed by atoms with E-state index in [1.165, 1.54) is 11.1 Å². The van der Waals surface area contributed by atoms with Crippen molar-refractivity contribution in [3.63, 3.8) is 0 Å². The molecule has 1 heterocycles. The first-order valence-electron chi connectivity index (χ1n) is 9.77. The van der Waals surface area contributed by atoms with Crippen molar-refractivity contribution in [3.8, 4) is 0 Å². The Hall–Kier alpha value is -2.30. The van der Waals surface area contributed by atoms with Crippen LogP contribution in [0.2, 0.25) is 5.02 Å². The lowest BCUT2D eigenvalue weighted by molar-refractivity contribution is 0.0949. The van der Waals surface area contributed by atoms with E-state index in [4.69, 9.17) is 16.3 Å². The lowest BCUT2D eigenvalue weighted by atomic mass is 9.76. The van der Waals surface area contributed by atoms with E-state index < -0.39 is 0 Å². The quantitative estimate of drug-likeness (QED) is 0.537. The number of hydrogen-bond donors (Lipinski definition) is 2. The van der Waals surface area contributed by atoms with E-state index in [0.717, 1.165) is 23.6 Å². The van der Waals surface area contributed by atoms with Gasteiger partial charge in [0.1, 0.15) is 0 Å². The average molecular weight is 397 g/mol. The van der Waals surface area contributed by atoms with Crippen LogP contribution >= 0.6 is 11.6 Å². The normalized spacial score (nSPS) is 22.3. The van der Waals surface area contributed by atoms with Crippen molar-refractivity contribution in [3.05, 3.63) is 76.3 Å². The summed E-state index contributed by atoms with van der Waals surface area (Å²) in [5, 5.41) is 7.43. The summed E-state index contributed by atoms with van der Waals surface area (Å²) in [5.41, 5.74) is 4.05. The van der Waals surface area contributed by atoms with Crippen LogP contribution < -0.4 is 10.6 Å². The summed E-state index contributed by atoms with van der Waals surface area (Å²) in [5.74, 6) is 0.711. The van der Waals surface area contributed by atoms with Gasteiger partial charge in [-0.1, -0.05) is 48.0 Å². The van der Waals surface area contributed by atoms with E-state index in [-0.39, 0.29) is 11.9 Å². The summed E-state index contributed by atoms with van der Waals surface area (Å²) in [6, 6.07) is 14.2. The van der Waals surface area contributed by atoms with Crippen molar-refractivity contribution in [2.75, 3.05) is 25.6 Å². The second-order valence-corrected chi connectivity index (χ2v) is 7.84. The molecule has 146 valence electrons. The van der Waals surface area contributed by atoms with Crippen molar-refractivity contribution in [1.29, 1.82) is 0 Å². The highest BCUT2D eigenvalue weighted by Crippen LogP contribution is 2.50. The molecule has 0 fully saturated rings. The zero-order valence-corrected chi connectivity index (χ0v) is 16.7. The second kappa shape index (κ2) is 8.38. The lowest BCUT2D eigenvalue weighted by Gasteiger charge is -2.38. The number of carbonyl (C=O) groups excluding carboxylic acids is 1. The molecule has 0 bridgehead atoms. The Bertz CT molecular complexity index is 879. The second-order valence-electron chi connectivity index (χ2n) is 7.40. The molecule has 2 aliphatic rings. The standard InChI is InChI=1S/C23H25ClN2O2/c1-28-14-4-13-25-23(27)20-8-3-7-19-17-5-2-6-18(17)21(26-22(19)20)15-9-11-16(24)12-10-15/h2-3,5,7-12,17-18,21,26H,4,6,13-14H2,1H3,(H,25,27). The van der Waals surface area contributed by atoms with Crippen molar-refractivity contribution in [1.82, 2.24) is 5.32 Å². The Morgan fingerprint density at radius 1 is 1.25 bits per heavy atom. The number of allylic oxidation sites excluding steroid dienone is 2. The third kappa shape index (κ3) is 3.67. The van der Waals surface area contributed by atoms with E-state index in [1.807, 2.05) is 24.3 Å². The van der Waals surface area contributed by atoms with Gasteiger partial charge in [0.15, 0.2) is 0 Å². The van der Waals surface area contributed by atoms with Gasteiger partial charge in [0.2, 0.25) is 0 Å². The summed E-state index contributed by atoms with van der Waals surface area (Å²) in [6.07, 6.45) is 6.36. The van der Waals surface area contributed by atoms with Crippen LogP contribution in [-0.4, -0.2) is 26.2 Å². The van der Waals surface area contributed by atoms with Gasteiger partial charge in [0.05, 0.1) is 17.3 Å². The predicted octanol–water partition coefficient (Wildman–Crippen LogP) is 4.93. The van der Waals surface area contributed by atoms with E-state index in [9.17, 15) is 4.79 Å². The molecule has 2 aromatic carbocycles. The number of halogens is 1. The van der Waals surface area contributed by atoms with Crippen molar-refractivity contribution < 1.29 is 9.53 Å². The maximum atomic E-state index is 12.8. The third-order valence-corrected chi connectivity index (χ3v) is 5.93. The molecule has 3 atom stereocenters. The average Bonchev–Trinajstić information content (AvgIpc) is 3.21. The van der Waals surface area contributed by atoms with Gasteiger partial charge >= 0.3 is 0 Å². The lowest BCUT2D eigenvalue weighted by Crippen LogP contribution is -2.32. The largest absolute Gasteiger partial charge is 0.385 e. The highest BCUT2D eigenvalue weighted by Gasteiger charge is 2.39. The molecule has 1 aliphatic heterocycles. The minimum absolute atomic E-state index is 0.0456. The molecular weight excluding hydrogens is 372 g/mol. The topological polar surface area (TPSA) is 50.4 Å². The summed E-state index contributed by atoms with van der Waals surface area (Å²) < 4.78 is 5.06. The molecule has 2 N–H and O–H groups in total. The highest BCUT2D eigenvalue weighted by molar-refractivity contribution is 6.30. The van der Waals surface area contributed by atoms with Crippen LogP contribution in [0.3, 0.4) is 0 Å². The Kier molecular flexibility index (Phi) is 5.69. The molecule has 1 amide bonds. The Morgan fingerprint density at radius 3 is 2.86 bits per heavy atom. The van der Waals surface area contributed by atoms with Crippen LogP contribution in [-0.2, 0) is 4.74 Å². The minimum Gasteiger partial charge on any atom is -0.385 e. The van der Waals surface area contributed by atoms with Gasteiger partial charge < -0.3 is 15.4 Å². The molecule has 5 heteroatoms. The smallest absolute Gasteiger partial charge is 0.253 e. The van der Waals surface area contributed by atoms with Gasteiger partial charge in [-0.15, -0.1) is 0 Å². The number of carbonyl (C=O) groups is 1. The fourth-order valence-corrected chi connectivity index (χ4v) is 4.45. The predicted molar refractivity (Wildman–Crippen MR) is 113 cm³/mol. The summed E-state index contributed by atoms with van der Waals surface area (Å²) >= 11 is 6.09. The number of hydrogen-bond acceptors (Lipinski definition) is 3. The Morgan fingerprint density at radius 2 is 2.07 bits per heavy atom. The first kappa shape index (κ1) is 19.0. The molecule has 0 saturated heterocycles. The molecule has 2 aromatic rings. The van der Waals surface area contributed by atoms with Gasteiger partial charge in [0, 0.05) is 31.2 Å². The zero-order valence-electron chi connectivity index (χ0n) is 16.0. The number of fused-ring (bicyclic) bond motifs is 3. The van der Waals surface area contributed by atoms with E-state index in [2.05, 4.69) is 41.0 Å². The summed E-state index contributed by atoms with van der Waals surface area (Å²) in [6.45, 7) is 1.24. The number of amides is 1. The third-order valence-electron chi connectivity index (χ3n) is 5.68. The number of methoxy groups -OCH3 is 1. The highest BCUT2D eigenvalue weighted by atomic mass is 35.5. The molecule has 0 spiro atoms. The molecule has 4 rings (SSSR count). The van der Waals surface area contributed by atoms with Crippen LogP contribution in [0.1, 0.15) is 46.3 Å². The molecular formula is C23H25ClN2O2. The van der Waals surface area contributed by atoms with Crippen molar-refractivity contribution in [2.24, 2.45) is 5.92 Å². The monoisotopic (exact) mass is 396 g/mol. The summed E-state index contributed by atoms with van der Waals surface area (Å²) in [7, 11) is 1.67. The van der Waals surface area contributed by atoms with Crippen LogP contribution in [0.25, 0.3) is 0 Å². The van der Waals surface area contributed by atoms with Gasteiger partial charge in [-0.2, -0.15) is 0 Å². The molecule has 1 aliphatic carbocycles. The van der Waals surface area contributed by atoms with Gasteiger partial charge in [-0.05, 0) is 48.1 Å². The molecule has 3 unspecified atom stereocenters. The fraction of sp³-hybridized carbons (Fsp3) is 0.348. The van der Waals surface area contributed by atoms with Crippen LogP contribution in [0, 0.1) is 5.92 Å². The maximum absolute atomic E-state index is 12.8. The van der Waals surface area contributed by atoms with E-state index in [0.29, 0.717) is 30.6 Å². The van der Waals surface area contributed by atoms with Crippen LogP contribution in [0.4, 0.5) is 5.69 Å². The van der Waals surface area contributed by atoms with Gasteiger partial charge in [-0.3, -0.25) is 4.79 Å². The number of para-hydroxylation sites is 1. The molecule has 0 radical (unpaired) electrons.